The Morgan fingerprint density at radius 1 is 1.10 bits per heavy atom. The lowest BCUT2D eigenvalue weighted by molar-refractivity contribution is -0.130. The molecule has 4 rings (SSSR count). The highest BCUT2D eigenvalue weighted by atomic mass is 32.2. The Morgan fingerprint density at radius 2 is 1.72 bits per heavy atom. The first-order chi connectivity index (χ1) is 13.9. The fourth-order valence-corrected chi connectivity index (χ4v) is 4.64. The minimum Gasteiger partial charge on any atom is -0.434 e. The third-order valence-corrected chi connectivity index (χ3v) is 6.17. The normalized spacial score (nSPS) is 23.5. The van der Waals surface area contributed by atoms with Crippen molar-refractivity contribution >= 4 is 29.4 Å². The summed E-state index contributed by atoms with van der Waals surface area (Å²) < 4.78 is 5.75. The number of fused-ring (bicyclic) bond motifs is 1. The minimum absolute atomic E-state index is 0.162. The second-order valence-corrected chi connectivity index (χ2v) is 8.35. The quantitative estimate of drug-likeness (QED) is 0.668. The van der Waals surface area contributed by atoms with E-state index in [1.807, 2.05) is 67.6 Å². The molecule has 0 aromatic heterocycles. The first-order valence-electron chi connectivity index (χ1n) is 9.36. The van der Waals surface area contributed by atoms with Crippen LogP contribution in [0.1, 0.15) is 13.8 Å². The third-order valence-electron chi connectivity index (χ3n) is 5.09. The Hall–Kier alpha value is -2.99. The molecule has 2 aliphatic rings. The second kappa shape index (κ2) is 7.44. The molecular formula is C23H22N2O3S. The molecule has 6 heteroatoms. The average molecular weight is 407 g/mol. The number of carbonyl (C=O) groups excluding carboxylic acids is 2. The molecule has 5 nitrogen and oxygen atoms in total. The summed E-state index contributed by atoms with van der Waals surface area (Å²) in [6, 6.07) is 19.2. The van der Waals surface area contributed by atoms with Gasteiger partial charge in [0.1, 0.15) is 0 Å². The fourth-order valence-electron chi connectivity index (χ4n) is 3.82. The number of rotatable bonds is 5. The van der Waals surface area contributed by atoms with Crippen molar-refractivity contribution in [3.05, 3.63) is 84.6 Å². The first-order valence-corrected chi connectivity index (χ1v) is 10.4. The van der Waals surface area contributed by atoms with Gasteiger partial charge in [0, 0.05) is 27.6 Å². The van der Waals surface area contributed by atoms with Gasteiger partial charge in [-0.1, -0.05) is 43.0 Å². The van der Waals surface area contributed by atoms with Crippen LogP contribution in [0.15, 0.2) is 89.5 Å². The summed E-state index contributed by atoms with van der Waals surface area (Å²) in [4.78, 5) is 30.2. The van der Waals surface area contributed by atoms with Gasteiger partial charge in [0.15, 0.2) is 11.8 Å². The number of amides is 2. The van der Waals surface area contributed by atoms with E-state index in [1.54, 1.807) is 34.6 Å². The van der Waals surface area contributed by atoms with Crippen molar-refractivity contribution in [1.29, 1.82) is 0 Å². The molecule has 2 aliphatic heterocycles. The number of carbonyl (C=O) groups is 2. The van der Waals surface area contributed by atoms with E-state index in [9.17, 15) is 9.59 Å². The van der Waals surface area contributed by atoms with Crippen molar-refractivity contribution in [1.82, 2.24) is 4.90 Å². The zero-order valence-electron chi connectivity index (χ0n) is 16.4. The van der Waals surface area contributed by atoms with Crippen molar-refractivity contribution in [2.24, 2.45) is 0 Å². The molecule has 0 spiro atoms. The van der Waals surface area contributed by atoms with Crippen LogP contribution < -0.4 is 4.90 Å². The van der Waals surface area contributed by atoms with E-state index in [4.69, 9.17) is 4.74 Å². The molecule has 29 heavy (non-hydrogen) atoms. The van der Waals surface area contributed by atoms with Gasteiger partial charge in [-0.3, -0.25) is 14.6 Å². The van der Waals surface area contributed by atoms with Crippen LogP contribution in [-0.2, 0) is 9.53 Å². The van der Waals surface area contributed by atoms with Crippen molar-refractivity contribution in [2.75, 3.05) is 10.7 Å². The Morgan fingerprint density at radius 3 is 2.38 bits per heavy atom. The molecule has 0 N–H and O–H groups in total. The van der Waals surface area contributed by atoms with Crippen molar-refractivity contribution < 1.29 is 14.3 Å². The van der Waals surface area contributed by atoms with Crippen LogP contribution in [-0.4, -0.2) is 34.4 Å². The summed E-state index contributed by atoms with van der Waals surface area (Å²) in [7, 11) is 0. The molecule has 148 valence electrons. The third kappa shape index (κ3) is 3.44. The van der Waals surface area contributed by atoms with Gasteiger partial charge in [0.2, 0.25) is 0 Å². The van der Waals surface area contributed by atoms with Crippen LogP contribution in [0.4, 0.5) is 10.5 Å². The zero-order chi connectivity index (χ0) is 20.6. The molecule has 2 aromatic rings. The van der Waals surface area contributed by atoms with E-state index in [-0.39, 0.29) is 5.91 Å². The molecule has 1 saturated heterocycles. The minimum atomic E-state index is -0.953. The number of hydrogen-bond acceptors (Lipinski definition) is 4. The number of nitrogens with zero attached hydrogens (tertiary/aromatic N) is 2. The van der Waals surface area contributed by atoms with Crippen LogP contribution in [0.25, 0.3) is 0 Å². The molecule has 2 atom stereocenters. The van der Waals surface area contributed by atoms with Gasteiger partial charge in [0.05, 0.1) is 0 Å². The van der Waals surface area contributed by atoms with Gasteiger partial charge >= 0.3 is 6.09 Å². The lowest BCUT2D eigenvalue weighted by Crippen LogP contribution is -2.59. The summed E-state index contributed by atoms with van der Waals surface area (Å²) in [5.74, 6) is 0.359. The lowest BCUT2D eigenvalue weighted by Gasteiger charge is -2.43. The summed E-state index contributed by atoms with van der Waals surface area (Å²) in [6.07, 6.45) is 0.642. The smallest absolute Gasteiger partial charge is 0.417 e. The monoisotopic (exact) mass is 406 g/mol. The number of hydrogen-bond donors (Lipinski definition) is 0. The molecule has 0 bridgehead atoms. The van der Waals surface area contributed by atoms with E-state index in [0.717, 1.165) is 4.90 Å². The van der Waals surface area contributed by atoms with Gasteiger partial charge in [-0.25, -0.2) is 4.79 Å². The zero-order valence-corrected chi connectivity index (χ0v) is 17.2. The largest absolute Gasteiger partial charge is 0.434 e. The molecule has 2 amide bonds. The van der Waals surface area contributed by atoms with Gasteiger partial charge in [-0.05, 0) is 44.2 Å². The summed E-state index contributed by atoms with van der Waals surface area (Å²) in [5, 5.41) is 0. The summed E-state index contributed by atoms with van der Waals surface area (Å²) >= 11 is 1.60. The highest BCUT2D eigenvalue weighted by Crippen LogP contribution is 2.42. The first kappa shape index (κ1) is 19.3. The van der Waals surface area contributed by atoms with Crippen molar-refractivity contribution in [3.8, 4) is 0 Å². The van der Waals surface area contributed by atoms with E-state index in [2.05, 4.69) is 6.58 Å². The van der Waals surface area contributed by atoms with Crippen LogP contribution in [0.2, 0.25) is 0 Å². The maximum absolute atomic E-state index is 13.1. The van der Waals surface area contributed by atoms with Gasteiger partial charge in [-0.15, -0.1) is 11.8 Å². The van der Waals surface area contributed by atoms with Crippen LogP contribution in [0, 0.1) is 0 Å². The molecule has 1 fully saturated rings. The average Bonchev–Trinajstić information content (AvgIpc) is 2.98. The Kier molecular flexibility index (Phi) is 4.96. The SMILES string of the molecule is C=C(CSc1ccccc1)N1C(=O)C(C)=C[C@]2(C)OC(=O)N(c3ccccc3)[C@H]12. The fraction of sp³-hybridized carbons (Fsp3) is 0.217. The topological polar surface area (TPSA) is 49.9 Å². The molecule has 0 radical (unpaired) electrons. The molecule has 0 aliphatic carbocycles. The number of ether oxygens (including phenoxy) is 1. The summed E-state index contributed by atoms with van der Waals surface area (Å²) in [6.45, 7) is 7.76. The van der Waals surface area contributed by atoms with Crippen LogP contribution in [0.5, 0.6) is 0 Å². The Labute approximate surface area is 174 Å². The van der Waals surface area contributed by atoms with Crippen molar-refractivity contribution in [2.45, 2.75) is 30.5 Å². The number of thioether (sulfide) groups is 1. The molecular weight excluding hydrogens is 384 g/mol. The lowest BCUT2D eigenvalue weighted by atomic mass is 9.92. The van der Waals surface area contributed by atoms with E-state index < -0.39 is 17.9 Å². The molecule has 2 heterocycles. The standard InChI is InChI=1S/C23H22N2O3S/c1-16-14-23(3)21(25(22(27)28-23)18-10-6-4-7-11-18)24(20(16)26)17(2)15-29-19-12-8-5-9-13-19/h4-14,21H,2,15H2,1,3H3/t21-,23-/m0/s1. The van der Waals surface area contributed by atoms with E-state index >= 15 is 0 Å². The van der Waals surface area contributed by atoms with Crippen LogP contribution in [0.3, 0.4) is 0 Å². The maximum Gasteiger partial charge on any atom is 0.417 e. The molecule has 0 saturated carbocycles. The maximum atomic E-state index is 13.1. The second-order valence-electron chi connectivity index (χ2n) is 7.30. The Balaban J connectivity index is 1.69. The highest BCUT2D eigenvalue weighted by molar-refractivity contribution is 7.99. The van der Waals surface area contributed by atoms with E-state index in [0.29, 0.717) is 22.7 Å². The Bertz CT molecular complexity index is 990. The number of anilines is 1. The highest BCUT2D eigenvalue weighted by Gasteiger charge is 2.57. The summed E-state index contributed by atoms with van der Waals surface area (Å²) in [5.41, 5.74) is 0.898. The molecule has 2 aromatic carbocycles. The number of benzene rings is 2. The van der Waals surface area contributed by atoms with Crippen molar-refractivity contribution in [3.63, 3.8) is 0 Å². The van der Waals surface area contributed by atoms with Gasteiger partial charge in [-0.2, -0.15) is 0 Å². The predicted octanol–water partition coefficient (Wildman–Crippen LogP) is 4.82. The molecule has 0 unspecified atom stereocenters. The van der Waals surface area contributed by atoms with Gasteiger partial charge < -0.3 is 4.74 Å². The van der Waals surface area contributed by atoms with Crippen LogP contribution >= 0.6 is 11.8 Å². The number of para-hydroxylation sites is 1. The predicted molar refractivity (Wildman–Crippen MR) is 115 cm³/mol. The van der Waals surface area contributed by atoms with E-state index in [1.165, 1.54) is 0 Å². The van der Waals surface area contributed by atoms with Gasteiger partial charge in [0.25, 0.3) is 5.91 Å².